The molecule has 186 valence electrons. The zero-order valence-electron chi connectivity index (χ0n) is 21.0. The lowest BCUT2D eigenvalue weighted by atomic mass is 10.1. The number of ether oxygens (including phenoxy) is 1. The van der Waals surface area contributed by atoms with Gasteiger partial charge in [-0.3, -0.25) is 14.3 Å². The van der Waals surface area contributed by atoms with Crippen molar-refractivity contribution in [3.8, 4) is 22.8 Å². The van der Waals surface area contributed by atoms with Crippen molar-refractivity contribution >= 4 is 15.9 Å². The van der Waals surface area contributed by atoms with E-state index in [2.05, 4.69) is 40.8 Å². The average molecular weight is 551 g/mol. The van der Waals surface area contributed by atoms with Crippen molar-refractivity contribution in [2.24, 2.45) is 0 Å². The molecule has 0 radical (unpaired) electrons. The Morgan fingerprint density at radius 1 is 1.03 bits per heavy atom. The van der Waals surface area contributed by atoms with Crippen LogP contribution in [-0.4, -0.2) is 34.6 Å². The van der Waals surface area contributed by atoms with Gasteiger partial charge < -0.3 is 9.84 Å². The minimum atomic E-state index is -1.20. The van der Waals surface area contributed by atoms with E-state index < -0.39 is 5.60 Å². The van der Waals surface area contributed by atoms with Crippen molar-refractivity contribution in [3.05, 3.63) is 85.8 Å². The molecule has 0 aliphatic heterocycles. The molecule has 0 aliphatic rings. The minimum absolute atomic E-state index is 0.137. The van der Waals surface area contributed by atoms with Crippen molar-refractivity contribution in [1.82, 2.24) is 29.5 Å². The summed E-state index contributed by atoms with van der Waals surface area (Å²) in [5, 5.41) is 10.4. The summed E-state index contributed by atoms with van der Waals surface area (Å²) in [6.45, 7) is 10.9. The maximum atomic E-state index is 13.5. The third-order valence-corrected chi connectivity index (χ3v) is 6.31. The van der Waals surface area contributed by atoms with Crippen LogP contribution in [0.15, 0.2) is 46.1 Å². The van der Waals surface area contributed by atoms with E-state index in [1.807, 2.05) is 39.8 Å². The molecule has 0 atom stereocenters. The monoisotopic (exact) mass is 550 g/mol. The Morgan fingerprint density at radius 3 is 2.44 bits per heavy atom. The largest absolute Gasteiger partial charge is 0.484 e. The van der Waals surface area contributed by atoms with Crippen LogP contribution in [-0.2, 0) is 12.2 Å². The van der Waals surface area contributed by atoms with Gasteiger partial charge in [0.2, 0.25) is 0 Å². The second kappa shape index (κ2) is 9.87. The van der Waals surface area contributed by atoms with E-state index in [0.717, 1.165) is 16.8 Å². The van der Waals surface area contributed by atoms with Crippen LogP contribution >= 0.6 is 15.9 Å². The Labute approximate surface area is 217 Å². The van der Waals surface area contributed by atoms with Crippen LogP contribution in [0.4, 0.5) is 0 Å². The number of nitrogens with zero attached hydrogens (tertiary/aromatic N) is 6. The van der Waals surface area contributed by atoms with Crippen molar-refractivity contribution in [2.45, 2.75) is 53.8 Å². The summed E-state index contributed by atoms with van der Waals surface area (Å²) in [6, 6.07) is 5.43. The molecule has 9 nitrogen and oxygen atoms in total. The maximum Gasteiger partial charge on any atom is 0.273 e. The van der Waals surface area contributed by atoms with Crippen molar-refractivity contribution < 1.29 is 9.84 Å². The van der Waals surface area contributed by atoms with Gasteiger partial charge in [-0.25, -0.2) is 19.9 Å². The summed E-state index contributed by atoms with van der Waals surface area (Å²) >= 11 is 3.42. The number of aliphatic hydroxyl groups is 1. The van der Waals surface area contributed by atoms with E-state index >= 15 is 0 Å². The lowest BCUT2D eigenvalue weighted by molar-refractivity contribution is 0.0688. The van der Waals surface area contributed by atoms with Crippen LogP contribution in [0.5, 0.6) is 5.75 Å². The fourth-order valence-corrected chi connectivity index (χ4v) is 4.08. The van der Waals surface area contributed by atoms with Crippen LogP contribution in [0.2, 0.25) is 0 Å². The van der Waals surface area contributed by atoms with E-state index in [-0.39, 0.29) is 12.2 Å². The number of aromatic nitrogens is 6. The first-order valence-electron chi connectivity index (χ1n) is 11.3. The van der Waals surface area contributed by atoms with Crippen LogP contribution in [0.25, 0.3) is 17.1 Å². The molecule has 4 heterocycles. The van der Waals surface area contributed by atoms with E-state index in [1.54, 1.807) is 43.1 Å². The normalized spacial score (nSPS) is 11.6. The highest BCUT2D eigenvalue weighted by atomic mass is 79.9. The van der Waals surface area contributed by atoms with Gasteiger partial charge in [-0.15, -0.1) is 0 Å². The van der Waals surface area contributed by atoms with Crippen LogP contribution in [0.1, 0.15) is 48.0 Å². The number of hydrogen-bond acceptors (Lipinski definition) is 8. The number of aryl methyl sites for hydroxylation is 4. The van der Waals surface area contributed by atoms with E-state index in [1.165, 1.54) is 0 Å². The fraction of sp³-hybridized carbons (Fsp3) is 0.308. The molecule has 0 spiro atoms. The Hall–Kier alpha value is -3.50. The second-order valence-electron chi connectivity index (χ2n) is 9.15. The molecule has 0 aliphatic carbocycles. The van der Waals surface area contributed by atoms with Gasteiger partial charge in [0.1, 0.15) is 22.4 Å². The summed E-state index contributed by atoms with van der Waals surface area (Å²) in [4.78, 5) is 35.4. The average Bonchev–Trinajstić information content (AvgIpc) is 2.81. The Balaban J connectivity index is 1.75. The Kier molecular flexibility index (Phi) is 7.01. The number of halogens is 1. The molecule has 36 heavy (non-hydrogen) atoms. The fourth-order valence-electron chi connectivity index (χ4n) is 3.68. The molecule has 0 saturated heterocycles. The zero-order chi connectivity index (χ0) is 26.2. The smallest absolute Gasteiger partial charge is 0.273 e. The lowest BCUT2D eigenvalue weighted by Crippen LogP contribution is -2.23. The van der Waals surface area contributed by atoms with Gasteiger partial charge in [0.05, 0.1) is 17.1 Å². The summed E-state index contributed by atoms with van der Waals surface area (Å²) in [5.41, 5.74) is 3.49. The summed E-state index contributed by atoms with van der Waals surface area (Å²) in [7, 11) is 0. The second-order valence-corrected chi connectivity index (χ2v) is 9.94. The Bertz CT molecular complexity index is 1510. The molecule has 0 fully saturated rings. The highest BCUT2D eigenvalue weighted by Crippen LogP contribution is 2.28. The van der Waals surface area contributed by atoms with Crippen LogP contribution < -0.4 is 10.3 Å². The standard InChI is InChI=1S/C26H27BrN6O3/c1-14-11-29-18(23-15(2)12-30-25(32-23)26(5,6)35)10-19(14)33-17(4)9-20(22(27)24(33)34)36-13-21-28-8-7-16(3)31-21/h7-12,35H,13H2,1-6H3. The molecule has 4 aromatic rings. The summed E-state index contributed by atoms with van der Waals surface area (Å²) < 4.78 is 7.77. The molecule has 0 amide bonds. The first-order chi connectivity index (χ1) is 17.0. The van der Waals surface area contributed by atoms with Crippen LogP contribution in [0.3, 0.4) is 0 Å². The molecule has 10 heteroatoms. The quantitative estimate of drug-likeness (QED) is 0.378. The molecule has 0 unspecified atom stereocenters. The van der Waals surface area contributed by atoms with Gasteiger partial charge in [0, 0.05) is 36.0 Å². The molecular weight excluding hydrogens is 524 g/mol. The molecule has 4 aromatic heterocycles. The summed E-state index contributed by atoms with van der Waals surface area (Å²) in [6.07, 6.45) is 5.04. The van der Waals surface area contributed by atoms with Gasteiger partial charge in [0.25, 0.3) is 5.56 Å². The van der Waals surface area contributed by atoms with Crippen LogP contribution in [0, 0.1) is 27.7 Å². The number of hydrogen-bond donors (Lipinski definition) is 1. The topological polar surface area (TPSA) is 116 Å². The van der Waals surface area contributed by atoms with Crippen molar-refractivity contribution in [1.29, 1.82) is 0 Å². The van der Waals surface area contributed by atoms with Gasteiger partial charge in [0.15, 0.2) is 11.6 Å². The highest BCUT2D eigenvalue weighted by molar-refractivity contribution is 9.10. The molecular formula is C26H27BrN6O3. The maximum absolute atomic E-state index is 13.5. The van der Waals surface area contributed by atoms with Gasteiger partial charge in [-0.2, -0.15) is 0 Å². The SMILES string of the molecule is Cc1ccnc(COc2cc(C)n(-c3cc(-c4nc(C(C)(C)O)ncc4C)ncc3C)c(=O)c2Br)n1. The van der Waals surface area contributed by atoms with E-state index in [0.29, 0.717) is 44.6 Å². The minimum Gasteiger partial charge on any atom is -0.484 e. The molecule has 4 rings (SSSR count). The number of pyridine rings is 2. The Morgan fingerprint density at radius 2 is 1.75 bits per heavy atom. The molecule has 1 N–H and O–H groups in total. The number of rotatable bonds is 6. The lowest BCUT2D eigenvalue weighted by Gasteiger charge is -2.18. The van der Waals surface area contributed by atoms with E-state index in [9.17, 15) is 9.90 Å². The van der Waals surface area contributed by atoms with Crippen molar-refractivity contribution in [2.75, 3.05) is 0 Å². The van der Waals surface area contributed by atoms with Gasteiger partial charge in [-0.1, -0.05) is 0 Å². The highest BCUT2D eigenvalue weighted by Gasteiger charge is 2.22. The van der Waals surface area contributed by atoms with Gasteiger partial charge in [-0.05, 0) is 80.7 Å². The molecule has 0 saturated carbocycles. The third-order valence-electron chi connectivity index (χ3n) is 5.58. The summed E-state index contributed by atoms with van der Waals surface area (Å²) in [5.74, 6) is 1.23. The molecule has 0 bridgehead atoms. The van der Waals surface area contributed by atoms with Crippen molar-refractivity contribution in [3.63, 3.8) is 0 Å². The first-order valence-corrected chi connectivity index (χ1v) is 12.1. The molecule has 0 aromatic carbocycles. The first kappa shape index (κ1) is 25.6. The predicted octanol–water partition coefficient (Wildman–Crippen LogP) is 4.28. The van der Waals surface area contributed by atoms with E-state index in [4.69, 9.17) is 4.74 Å². The third kappa shape index (κ3) is 5.19. The zero-order valence-corrected chi connectivity index (χ0v) is 22.6. The van der Waals surface area contributed by atoms with Gasteiger partial charge >= 0.3 is 0 Å². The predicted molar refractivity (Wildman–Crippen MR) is 139 cm³/mol.